The van der Waals surface area contributed by atoms with E-state index in [9.17, 15) is 0 Å². The van der Waals surface area contributed by atoms with Crippen LogP contribution in [-0.2, 0) is 0 Å². The molecule has 3 nitrogen and oxygen atoms in total. The molecule has 0 radical (unpaired) electrons. The second-order valence-corrected chi connectivity index (χ2v) is 6.32. The Kier molecular flexibility index (Phi) is 2.61. The Hall–Kier alpha value is -1.38. The summed E-state index contributed by atoms with van der Waals surface area (Å²) < 4.78 is 0. The number of piperidine rings is 1. The van der Waals surface area contributed by atoms with Crippen molar-refractivity contribution in [2.24, 2.45) is 5.92 Å². The molecule has 0 amide bonds. The number of hydrogen-bond donors (Lipinski definition) is 0. The van der Waals surface area contributed by atoms with E-state index < -0.39 is 0 Å². The van der Waals surface area contributed by atoms with E-state index in [4.69, 9.17) is 0 Å². The van der Waals surface area contributed by atoms with Gasteiger partial charge in [-0.25, -0.2) is 9.97 Å². The lowest BCUT2D eigenvalue weighted by atomic mass is 9.95. The lowest BCUT2D eigenvalue weighted by Crippen LogP contribution is -2.41. The molecule has 1 aromatic rings. The van der Waals surface area contributed by atoms with Crippen LogP contribution in [0.3, 0.4) is 0 Å². The molecule has 0 N–H and O–H groups in total. The van der Waals surface area contributed by atoms with Crippen molar-refractivity contribution in [3.8, 4) is 0 Å². The summed E-state index contributed by atoms with van der Waals surface area (Å²) in [6, 6.07) is 3.43. The van der Waals surface area contributed by atoms with Gasteiger partial charge in [-0.15, -0.1) is 0 Å². The number of allylic oxidation sites excluding steroid dienone is 1. The maximum atomic E-state index is 4.63. The molecule has 2 unspecified atom stereocenters. The second-order valence-electron chi connectivity index (χ2n) is 6.32. The highest BCUT2D eigenvalue weighted by Gasteiger charge is 2.39. The molecule has 1 aliphatic carbocycles. The van der Waals surface area contributed by atoms with Crippen molar-refractivity contribution in [3.05, 3.63) is 29.7 Å². The predicted molar refractivity (Wildman–Crippen MR) is 76.1 cm³/mol. The van der Waals surface area contributed by atoms with Crippen LogP contribution in [-0.4, -0.2) is 22.1 Å². The lowest BCUT2D eigenvalue weighted by molar-refractivity contribution is 0.540. The predicted octanol–water partition coefficient (Wildman–Crippen LogP) is 3.25. The minimum absolute atomic E-state index is 0.679. The first-order valence-electron chi connectivity index (χ1n) is 7.57. The summed E-state index contributed by atoms with van der Waals surface area (Å²) in [4.78, 5) is 11.4. The fourth-order valence-electron chi connectivity index (χ4n) is 3.74. The number of aromatic nitrogens is 2. The van der Waals surface area contributed by atoms with E-state index in [0.717, 1.165) is 17.6 Å². The van der Waals surface area contributed by atoms with E-state index in [1.807, 2.05) is 13.1 Å². The van der Waals surface area contributed by atoms with Crippen LogP contribution in [0.2, 0.25) is 0 Å². The monoisotopic (exact) mass is 255 g/mol. The van der Waals surface area contributed by atoms with Gasteiger partial charge in [0.2, 0.25) is 0 Å². The summed E-state index contributed by atoms with van der Waals surface area (Å²) in [6.07, 6.45) is 12.5. The first kappa shape index (κ1) is 11.4. The molecule has 0 aromatic carbocycles. The first-order valence-corrected chi connectivity index (χ1v) is 7.57. The van der Waals surface area contributed by atoms with Gasteiger partial charge in [-0.3, -0.25) is 0 Å². The van der Waals surface area contributed by atoms with Gasteiger partial charge in [0.1, 0.15) is 11.6 Å². The number of fused-ring (bicyclic) bond motifs is 2. The van der Waals surface area contributed by atoms with E-state index in [1.165, 1.54) is 38.5 Å². The fourth-order valence-corrected chi connectivity index (χ4v) is 3.74. The Bertz CT molecular complexity index is 502. The normalized spacial score (nSPS) is 29.7. The maximum Gasteiger partial charge on any atom is 0.132 e. The van der Waals surface area contributed by atoms with E-state index in [-0.39, 0.29) is 0 Å². The van der Waals surface area contributed by atoms with Crippen LogP contribution in [0, 0.1) is 12.8 Å². The molecule has 4 rings (SSSR count). The van der Waals surface area contributed by atoms with Crippen LogP contribution >= 0.6 is 0 Å². The van der Waals surface area contributed by atoms with Crippen molar-refractivity contribution in [2.75, 3.05) is 4.90 Å². The zero-order valence-electron chi connectivity index (χ0n) is 11.5. The summed E-state index contributed by atoms with van der Waals surface area (Å²) in [5.41, 5.74) is 1.72. The number of nitrogens with zero attached hydrogens (tertiary/aromatic N) is 3. The molecule has 0 spiro atoms. The molecule has 3 aliphatic rings. The third-order valence-corrected chi connectivity index (χ3v) is 4.73. The molecule has 3 fully saturated rings. The Morgan fingerprint density at radius 2 is 1.89 bits per heavy atom. The van der Waals surface area contributed by atoms with E-state index in [1.54, 1.807) is 5.57 Å². The van der Waals surface area contributed by atoms with Gasteiger partial charge in [-0.1, -0.05) is 11.6 Å². The van der Waals surface area contributed by atoms with Gasteiger partial charge in [-0.05, 0) is 57.4 Å². The van der Waals surface area contributed by atoms with E-state index >= 15 is 0 Å². The molecule has 2 bridgehead atoms. The van der Waals surface area contributed by atoms with Gasteiger partial charge in [0.05, 0.1) is 0 Å². The van der Waals surface area contributed by atoms with E-state index in [0.29, 0.717) is 12.1 Å². The van der Waals surface area contributed by atoms with Crippen LogP contribution < -0.4 is 4.90 Å². The van der Waals surface area contributed by atoms with Crippen LogP contribution in [0.5, 0.6) is 0 Å². The van der Waals surface area contributed by atoms with Gasteiger partial charge < -0.3 is 4.90 Å². The highest BCUT2D eigenvalue weighted by atomic mass is 15.3. The van der Waals surface area contributed by atoms with Crippen LogP contribution in [0.1, 0.15) is 44.3 Å². The van der Waals surface area contributed by atoms with Crippen molar-refractivity contribution in [2.45, 2.75) is 57.5 Å². The molecule has 2 aliphatic heterocycles. The molecule has 2 atom stereocenters. The van der Waals surface area contributed by atoms with Crippen molar-refractivity contribution in [1.82, 2.24) is 9.97 Å². The molecule has 19 heavy (non-hydrogen) atoms. The third-order valence-electron chi connectivity index (χ3n) is 4.73. The second kappa shape index (κ2) is 4.32. The lowest BCUT2D eigenvalue weighted by Gasteiger charge is -2.37. The molecular formula is C16H21N3. The molecule has 100 valence electrons. The standard InChI is InChI=1S/C16H21N3/c1-11-17-7-6-16(18-11)19-14-4-5-15(19)10-13(9-14)8-12-2-3-12/h6-8,12,14-15H,2-5,9-10H2,1H3. The molecule has 1 saturated carbocycles. The summed E-state index contributed by atoms with van der Waals surface area (Å²) in [6.45, 7) is 1.98. The van der Waals surface area contributed by atoms with Crippen molar-refractivity contribution in [3.63, 3.8) is 0 Å². The molecular weight excluding hydrogens is 234 g/mol. The molecule has 3 heteroatoms. The smallest absolute Gasteiger partial charge is 0.132 e. The topological polar surface area (TPSA) is 29.0 Å². The van der Waals surface area contributed by atoms with E-state index in [2.05, 4.69) is 27.0 Å². The Morgan fingerprint density at radius 3 is 2.53 bits per heavy atom. The molecule has 3 heterocycles. The highest BCUT2D eigenvalue weighted by molar-refractivity contribution is 5.45. The van der Waals surface area contributed by atoms with Gasteiger partial charge in [-0.2, -0.15) is 0 Å². The zero-order valence-corrected chi connectivity index (χ0v) is 11.5. The number of anilines is 1. The van der Waals surface area contributed by atoms with Crippen LogP contribution in [0.25, 0.3) is 0 Å². The summed E-state index contributed by atoms with van der Waals surface area (Å²) >= 11 is 0. The van der Waals surface area contributed by atoms with Crippen LogP contribution in [0.15, 0.2) is 23.9 Å². The summed E-state index contributed by atoms with van der Waals surface area (Å²) in [5.74, 6) is 2.95. The molecule has 2 saturated heterocycles. The average Bonchev–Trinajstić information content (AvgIpc) is 3.15. The zero-order chi connectivity index (χ0) is 12.8. The molecule has 1 aromatic heterocycles. The first-order chi connectivity index (χ1) is 9.29. The largest absolute Gasteiger partial charge is 0.350 e. The van der Waals surface area contributed by atoms with Gasteiger partial charge in [0.25, 0.3) is 0 Å². The number of rotatable bonds is 2. The Morgan fingerprint density at radius 1 is 1.16 bits per heavy atom. The average molecular weight is 255 g/mol. The maximum absolute atomic E-state index is 4.63. The minimum atomic E-state index is 0.679. The quantitative estimate of drug-likeness (QED) is 0.760. The van der Waals surface area contributed by atoms with Crippen molar-refractivity contribution in [1.29, 1.82) is 0 Å². The Labute approximate surface area is 114 Å². The van der Waals surface area contributed by atoms with Crippen molar-refractivity contribution < 1.29 is 0 Å². The highest BCUT2D eigenvalue weighted by Crippen LogP contribution is 2.42. The summed E-state index contributed by atoms with van der Waals surface area (Å²) in [7, 11) is 0. The number of hydrogen-bond acceptors (Lipinski definition) is 3. The summed E-state index contributed by atoms with van der Waals surface area (Å²) in [5, 5.41) is 0. The van der Waals surface area contributed by atoms with Crippen molar-refractivity contribution >= 4 is 5.82 Å². The van der Waals surface area contributed by atoms with Gasteiger partial charge in [0, 0.05) is 18.3 Å². The minimum Gasteiger partial charge on any atom is -0.350 e. The number of aryl methyl sites for hydroxylation is 1. The fraction of sp³-hybridized carbons (Fsp3) is 0.625. The van der Waals surface area contributed by atoms with Crippen LogP contribution in [0.4, 0.5) is 5.82 Å². The van der Waals surface area contributed by atoms with Gasteiger partial charge >= 0.3 is 0 Å². The Balaban J connectivity index is 1.59. The third kappa shape index (κ3) is 2.15. The van der Waals surface area contributed by atoms with Gasteiger partial charge in [0.15, 0.2) is 0 Å². The SMILES string of the molecule is Cc1nccc(N2C3CCC2CC(=CC2CC2)C3)n1.